The lowest BCUT2D eigenvalue weighted by Crippen LogP contribution is -2.13. The molecule has 1 N–H and O–H groups in total. The highest BCUT2D eigenvalue weighted by atomic mass is 19.1. The van der Waals surface area contributed by atoms with Crippen molar-refractivity contribution in [1.29, 1.82) is 0 Å². The standard InChI is InChI=1S/C17H18FNO5/c1-21-13-6-5-11(9-12(13)18)19-17(20)10-7-14(22-2)16(24-4)15(8-10)23-3/h5-9H,1-4H3,(H,19,20). The minimum Gasteiger partial charge on any atom is -0.494 e. The van der Waals surface area contributed by atoms with Crippen molar-refractivity contribution in [3.63, 3.8) is 0 Å². The van der Waals surface area contributed by atoms with Gasteiger partial charge in [0.05, 0.1) is 28.4 Å². The van der Waals surface area contributed by atoms with E-state index in [0.29, 0.717) is 22.9 Å². The van der Waals surface area contributed by atoms with E-state index >= 15 is 0 Å². The topological polar surface area (TPSA) is 66.0 Å². The van der Waals surface area contributed by atoms with Gasteiger partial charge in [-0.1, -0.05) is 0 Å². The predicted molar refractivity (Wildman–Crippen MR) is 87.0 cm³/mol. The molecule has 0 saturated heterocycles. The molecule has 7 heteroatoms. The van der Waals surface area contributed by atoms with Crippen LogP contribution in [0.25, 0.3) is 0 Å². The van der Waals surface area contributed by atoms with Crippen LogP contribution in [0.5, 0.6) is 23.0 Å². The molecule has 0 aliphatic carbocycles. The summed E-state index contributed by atoms with van der Waals surface area (Å²) in [4.78, 5) is 12.4. The number of hydrogen-bond donors (Lipinski definition) is 1. The van der Waals surface area contributed by atoms with Gasteiger partial charge in [-0.2, -0.15) is 0 Å². The Morgan fingerprint density at radius 1 is 0.875 bits per heavy atom. The molecule has 0 saturated carbocycles. The second kappa shape index (κ2) is 7.54. The highest BCUT2D eigenvalue weighted by Crippen LogP contribution is 2.38. The zero-order valence-electron chi connectivity index (χ0n) is 13.8. The molecular formula is C17H18FNO5. The van der Waals surface area contributed by atoms with Crippen LogP contribution in [0.2, 0.25) is 0 Å². The lowest BCUT2D eigenvalue weighted by atomic mass is 10.1. The minimum atomic E-state index is -0.569. The van der Waals surface area contributed by atoms with Crippen LogP contribution < -0.4 is 24.3 Å². The molecule has 0 radical (unpaired) electrons. The van der Waals surface area contributed by atoms with Crippen LogP contribution in [0.15, 0.2) is 30.3 Å². The van der Waals surface area contributed by atoms with Gasteiger partial charge in [0.1, 0.15) is 0 Å². The van der Waals surface area contributed by atoms with Gasteiger partial charge in [0.15, 0.2) is 23.1 Å². The van der Waals surface area contributed by atoms with Crippen molar-refractivity contribution in [1.82, 2.24) is 0 Å². The molecular weight excluding hydrogens is 317 g/mol. The van der Waals surface area contributed by atoms with Crippen LogP contribution in [0.4, 0.5) is 10.1 Å². The van der Waals surface area contributed by atoms with E-state index in [0.717, 1.165) is 0 Å². The smallest absolute Gasteiger partial charge is 0.255 e. The fourth-order valence-electron chi connectivity index (χ4n) is 2.16. The van der Waals surface area contributed by atoms with Crippen LogP contribution in [0.3, 0.4) is 0 Å². The third-order valence-corrected chi connectivity index (χ3v) is 3.34. The summed E-state index contributed by atoms with van der Waals surface area (Å²) in [5.74, 6) is 0.165. The maximum Gasteiger partial charge on any atom is 0.255 e. The molecule has 24 heavy (non-hydrogen) atoms. The normalized spacial score (nSPS) is 10.0. The molecule has 0 unspecified atom stereocenters. The van der Waals surface area contributed by atoms with Crippen molar-refractivity contribution < 1.29 is 28.1 Å². The van der Waals surface area contributed by atoms with E-state index in [-0.39, 0.29) is 11.3 Å². The second-order valence-electron chi connectivity index (χ2n) is 4.72. The number of methoxy groups -OCH3 is 4. The van der Waals surface area contributed by atoms with E-state index in [1.165, 1.54) is 58.8 Å². The molecule has 6 nitrogen and oxygen atoms in total. The molecule has 0 aliphatic rings. The Balaban J connectivity index is 2.31. The van der Waals surface area contributed by atoms with Crippen molar-refractivity contribution in [3.05, 3.63) is 41.7 Å². The molecule has 2 aromatic rings. The van der Waals surface area contributed by atoms with Gasteiger partial charge in [0.25, 0.3) is 5.91 Å². The molecule has 0 aromatic heterocycles. The summed E-state index contributed by atoms with van der Waals surface area (Å²) in [7, 11) is 5.75. The number of amides is 1. The number of halogens is 1. The average molecular weight is 335 g/mol. The van der Waals surface area contributed by atoms with Crippen molar-refractivity contribution in [3.8, 4) is 23.0 Å². The van der Waals surface area contributed by atoms with Gasteiger partial charge >= 0.3 is 0 Å². The monoisotopic (exact) mass is 335 g/mol. The second-order valence-corrected chi connectivity index (χ2v) is 4.72. The predicted octanol–water partition coefficient (Wildman–Crippen LogP) is 3.11. The number of hydrogen-bond acceptors (Lipinski definition) is 5. The highest BCUT2D eigenvalue weighted by molar-refractivity contribution is 6.05. The molecule has 2 rings (SSSR count). The van der Waals surface area contributed by atoms with Crippen LogP contribution in [-0.4, -0.2) is 34.3 Å². The van der Waals surface area contributed by atoms with E-state index in [4.69, 9.17) is 18.9 Å². The van der Waals surface area contributed by atoms with E-state index in [1.54, 1.807) is 0 Å². The molecule has 128 valence electrons. The molecule has 0 bridgehead atoms. The van der Waals surface area contributed by atoms with Crippen LogP contribution in [0, 0.1) is 5.82 Å². The summed E-state index contributed by atoms with van der Waals surface area (Å²) < 4.78 is 34.2. The largest absolute Gasteiger partial charge is 0.494 e. The first kappa shape index (κ1) is 17.4. The van der Waals surface area contributed by atoms with E-state index in [1.807, 2.05) is 0 Å². The SMILES string of the molecule is COc1ccc(NC(=O)c2cc(OC)c(OC)c(OC)c2)cc1F. The zero-order chi connectivity index (χ0) is 17.7. The maximum absolute atomic E-state index is 13.7. The average Bonchev–Trinajstić information content (AvgIpc) is 2.60. The number of carbonyl (C=O) groups is 1. The van der Waals surface area contributed by atoms with Crippen molar-refractivity contribution in [2.24, 2.45) is 0 Å². The number of ether oxygens (including phenoxy) is 4. The fourth-order valence-corrected chi connectivity index (χ4v) is 2.16. The first-order valence-corrected chi connectivity index (χ1v) is 6.99. The molecule has 0 spiro atoms. The Hall–Kier alpha value is -2.96. The number of rotatable bonds is 6. The molecule has 0 atom stereocenters. The van der Waals surface area contributed by atoms with Gasteiger partial charge in [-0.15, -0.1) is 0 Å². The van der Waals surface area contributed by atoms with Gasteiger partial charge in [-0.05, 0) is 24.3 Å². The molecule has 2 aromatic carbocycles. The Kier molecular flexibility index (Phi) is 5.47. The summed E-state index contributed by atoms with van der Waals surface area (Å²) in [6, 6.07) is 7.17. The van der Waals surface area contributed by atoms with Gasteiger partial charge < -0.3 is 24.3 Å². The number of nitrogens with one attached hydrogen (secondary N) is 1. The Labute approximate surface area is 139 Å². The van der Waals surface area contributed by atoms with E-state index in [9.17, 15) is 9.18 Å². The molecule has 1 amide bonds. The molecule has 0 aliphatic heterocycles. The number of anilines is 1. The fraction of sp³-hybridized carbons (Fsp3) is 0.235. The van der Waals surface area contributed by atoms with Crippen LogP contribution in [0.1, 0.15) is 10.4 Å². The Bertz CT molecular complexity index is 723. The van der Waals surface area contributed by atoms with Gasteiger partial charge in [-0.25, -0.2) is 4.39 Å². The van der Waals surface area contributed by atoms with Gasteiger partial charge in [0.2, 0.25) is 5.75 Å². The Morgan fingerprint density at radius 3 is 1.92 bits per heavy atom. The summed E-state index contributed by atoms with van der Waals surface area (Å²) in [5, 5.41) is 2.60. The first-order chi connectivity index (χ1) is 11.5. The third-order valence-electron chi connectivity index (χ3n) is 3.34. The summed E-state index contributed by atoms with van der Waals surface area (Å²) in [6.07, 6.45) is 0. The van der Waals surface area contributed by atoms with Crippen molar-refractivity contribution in [2.45, 2.75) is 0 Å². The van der Waals surface area contributed by atoms with Crippen molar-refractivity contribution >= 4 is 11.6 Å². The number of carbonyl (C=O) groups excluding carboxylic acids is 1. The van der Waals surface area contributed by atoms with Crippen LogP contribution >= 0.6 is 0 Å². The quantitative estimate of drug-likeness (QED) is 0.879. The Morgan fingerprint density at radius 2 is 1.46 bits per heavy atom. The summed E-state index contributed by atoms with van der Waals surface area (Å²) >= 11 is 0. The minimum absolute atomic E-state index is 0.0979. The molecule has 0 fully saturated rings. The highest BCUT2D eigenvalue weighted by Gasteiger charge is 2.17. The molecule has 0 heterocycles. The summed E-state index contributed by atoms with van der Waals surface area (Å²) in [5.41, 5.74) is 0.577. The lowest BCUT2D eigenvalue weighted by Gasteiger charge is -2.14. The first-order valence-electron chi connectivity index (χ1n) is 6.99. The van der Waals surface area contributed by atoms with Gasteiger partial charge in [-0.3, -0.25) is 4.79 Å². The maximum atomic E-state index is 13.7. The van der Waals surface area contributed by atoms with E-state index < -0.39 is 11.7 Å². The third kappa shape index (κ3) is 3.51. The van der Waals surface area contributed by atoms with E-state index in [2.05, 4.69) is 5.32 Å². The number of benzene rings is 2. The van der Waals surface area contributed by atoms with Gasteiger partial charge in [0, 0.05) is 17.3 Å². The van der Waals surface area contributed by atoms with Crippen molar-refractivity contribution in [2.75, 3.05) is 33.8 Å². The zero-order valence-corrected chi connectivity index (χ0v) is 13.8. The lowest BCUT2D eigenvalue weighted by molar-refractivity contribution is 0.102. The van der Waals surface area contributed by atoms with Crippen LogP contribution in [-0.2, 0) is 0 Å². The summed E-state index contributed by atoms with van der Waals surface area (Å²) in [6.45, 7) is 0.